The summed E-state index contributed by atoms with van der Waals surface area (Å²) in [5.74, 6) is -1.96. The van der Waals surface area contributed by atoms with Crippen molar-refractivity contribution < 1.29 is 23.9 Å². The number of carbonyl (C=O) groups is 3. The number of esters is 1. The number of benzene rings is 3. The molecule has 0 saturated heterocycles. The molecular formula is C24H20ClN3O5. The van der Waals surface area contributed by atoms with Crippen LogP contribution in [0, 0.1) is 6.92 Å². The Hall–Kier alpha value is -4.17. The van der Waals surface area contributed by atoms with Crippen molar-refractivity contribution in [2.45, 2.75) is 6.92 Å². The molecule has 8 nitrogen and oxygen atoms in total. The number of anilines is 1. The Morgan fingerprint density at radius 3 is 2.45 bits per heavy atom. The fraction of sp³-hybridized carbons (Fsp3) is 0.0833. The number of nitrogens with one attached hydrogen (secondary N) is 2. The number of methoxy groups -OCH3 is 1. The van der Waals surface area contributed by atoms with Crippen molar-refractivity contribution in [1.82, 2.24) is 5.43 Å². The minimum absolute atomic E-state index is 0.182. The SMILES string of the molecule is COc1cc(/C=N\NC(=O)C(=O)Nc2cccc(C)c2)ccc1OC(=O)c1ccccc1Cl. The zero-order valence-electron chi connectivity index (χ0n) is 17.8. The van der Waals surface area contributed by atoms with E-state index in [-0.39, 0.29) is 22.1 Å². The van der Waals surface area contributed by atoms with Gasteiger partial charge in [-0.1, -0.05) is 35.9 Å². The number of hydrogen-bond donors (Lipinski definition) is 2. The topological polar surface area (TPSA) is 106 Å². The lowest BCUT2D eigenvalue weighted by Crippen LogP contribution is -2.32. The van der Waals surface area contributed by atoms with Gasteiger partial charge in [-0.2, -0.15) is 5.10 Å². The zero-order chi connectivity index (χ0) is 23.8. The van der Waals surface area contributed by atoms with Gasteiger partial charge in [-0.05, 0) is 60.5 Å². The molecule has 3 rings (SSSR count). The summed E-state index contributed by atoms with van der Waals surface area (Å²) in [5, 5.41) is 6.54. The van der Waals surface area contributed by atoms with Gasteiger partial charge in [0.15, 0.2) is 11.5 Å². The molecule has 0 heterocycles. The van der Waals surface area contributed by atoms with Crippen molar-refractivity contribution in [3.63, 3.8) is 0 Å². The molecule has 0 fully saturated rings. The lowest BCUT2D eigenvalue weighted by molar-refractivity contribution is -0.136. The molecular weight excluding hydrogens is 446 g/mol. The molecule has 2 amide bonds. The highest BCUT2D eigenvalue weighted by atomic mass is 35.5. The second kappa shape index (κ2) is 10.9. The van der Waals surface area contributed by atoms with Crippen molar-refractivity contribution in [2.24, 2.45) is 5.10 Å². The molecule has 3 aromatic rings. The summed E-state index contributed by atoms with van der Waals surface area (Å²) in [7, 11) is 1.42. The number of amides is 2. The molecule has 0 aromatic heterocycles. The average molecular weight is 466 g/mol. The number of aryl methyl sites for hydroxylation is 1. The van der Waals surface area contributed by atoms with Crippen LogP contribution in [0.1, 0.15) is 21.5 Å². The number of carbonyl (C=O) groups excluding carboxylic acids is 3. The van der Waals surface area contributed by atoms with Crippen molar-refractivity contribution in [3.8, 4) is 11.5 Å². The van der Waals surface area contributed by atoms with Crippen LogP contribution < -0.4 is 20.2 Å². The molecule has 3 aromatic carbocycles. The Morgan fingerprint density at radius 1 is 0.939 bits per heavy atom. The molecule has 0 aliphatic rings. The second-order valence-electron chi connectivity index (χ2n) is 6.80. The predicted molar refractivity (Wildman–Crippen MR) is 125 cm³/mol. The molecule has 0 aliphatic heterocycles. The first-order valence-corrected chi connectivity index (χ1v) is 10.1. The minimum Gasteiger partial charge on any atom is -0.493 e. The molecule has 9 heteroatoms. The van der Waals surface area contributed by atoms with E-state index in [1.165, 1.54) is 19.4 Å². The second-order valence-corrected chi connectivity index (χ2v) is 7.21. The Morgan fingerprint density at radius 2 is 1.73 bits per heavy atom. The lowest BCUT2D eigenvalue weighted by atomic mass is 10.2. The molecule has 168 valence electrons. The standard InChI is InChI=1S/C24H20ClN3O5/c1-15-6-5-7-17(12-15)27-22(29)23(30)28-26-14-16-10-11-20(21(13-16)32-2)33-24(31)18-8-3-4-9-19(18)25/h3-14H,1-2H3,(H,27,29)(H,28,30)/b26-14-. The molecule has 33 heavy (non-hydrogen) atoms. The Kier molecular flexibility index (Phi) is 7.77. The smallest absolute Gasteiger partial charge is 0.345 e. The number of halogens is 1. The van der Waals surface area contributed by atoms with Gasteiger partial charge in [-0.3, -0.25) is 9.59 Å². The van der Waals surface area contributed by atoms with Crippen LogP contribution in [0.2, 0.25) is 5.02 Å². The summed E-state index contributed by atoms with van der Waals surface area (Å²) in [6, 6.07) is 18.2. The van der Waals surface area contributed by atoms with Gasteiger partial charge in [0.05, 0.1) is 23.9 Å². The maximum Gasteiger partial charge on any atom is 0.345 e. The fourth-order valence-electron chi connectivity index (χ4n) is 2.76. The first-order chi connectivity index (χ1) is 15.9. The first-order valence-electron chi connectivity index (χ1n) is 9.73. The van der Waals surface area contributed by atoms with Crippen LogP contribution in [0.4, 0.5) is 5.69 Å². The van der Waals surface area contributed by atoms with E-state index in [0.29, 0.717) is 11.3 Å². The molecule has 0 bridgehead atoms. The highest BCUT2D eigenvalue weighted by molar-refractivity contribution is 6.39. The van der Waals surface area contributed by atoms with Crippen molar-refractivity contribution >= 4 is 41.3 Å². The summed E-state index contributed by atoms with van der Waals surface area (Å²) in [6.45, 7) is 1.87. The van der Waals surface area contributed by atoms with Gasteiger partial charge >= 0.3 is 17.8 Å². The van der Waals surface area contributed by atoms with Crippen LogP contribution in [-0.4, -0.2) is 31.1 Å². The number of ether oxygens (including phenoxy) is 2. The quantitative estimate of drug-likeness (QED) is 0.188. The van der Waals surface area contributed by atoms with E-state index in [1.807, 2.05) is 13.0 Å². The van der Waals surface area contributed by atoms with Gasteiger partial charge in [-0.25, -0.2) is 10.2 Å². The maximum atomic E-state index is 12.4. The zero-order valence-corrected chi connectivity index (χ0v) is 18.6. The van der Waals surface area contributed by atoms with Crippen LogP contribution >= 0.6 is 11.6 Å². The summed E-state index contributed by atoms with van der Waals surface area (Å²) in [6.07, 6.45) is 1.32. The van der Waals surface area contributed by atoms with Gasteiger partial charge in [0, 0.05) is 5.69 Å². The average Bonchev–Trinajstić information content (AvgIpc) is 2.80. The van der Waals surface area contributed by atoms with Crippen LogP contribution in [0.3, 0.4) is 0 Å². The number of hydrazone groups is 1. The van der Waals surface area contributed by atoms with Gasteiger partial charge < -0.3 is 14.8 Å². The van der Waals surface area contributed by atoms with Gasteiger partial charge in [0.2, 0.25) is 0 Å². The summed E-state index contributed by atoms with van der Waals surface area (Å²) >= 11 is 6.03. The van der Waals surface area contributed by atoms with E-state index in [0.717, 1.165) is 5.56 Å². The Labute approximate surface area is 195 Å². The van der Waals surface area contributed by atoms with Gasteiger partial charge in [-0.15, -0.1) is 0 Å². The molecule has 0 aliphatic carbocycles. The highest BCUT2D eigenvalue weighted by Crippen LogP contribution is 2.29. The molecule has 0 unspecified atom stereocenters. The highest BCUT2D eigenvalue weighted by Gasteiger charge is 2.16. The third-order valence-electron chi connectivity index (χ3n) is 4.35. The van der Waals surface area contributed by atoms with E-state index < -0.39 is 17.8 Å². The largest absolute Gasteiger partial charge is 0.493 e. The Balaban J connectivity index is 1.62. The van der Waals surface area contributed by atoms with Crippen LogP contribution in [-0.2, 0) is 9.59 Å². The monoisotopic (exact) mass is 465 g/mol. The molecule has 0 spiro atoms. The first kappa shape index (κ1) is 23.5. The fourth-order valence-corrected chi connectivity index (χ4v) is 2.97. The van der Waals surface area contributed by atoms with Gasteiger partial charge in [0.1, 0.15) is 0 Å². The summed E-state index contributed by atoms with van der Waals surface area (Å²) in [5.41, 5.74) is 4.36. The third-order valence-corrected chi connectivity index (χ3v) is 4.68. The minimum atomic E-state index is -0.926. The van der Waals surface area contributed by atoms with E-state index in [4.69, 9.17) is 21.1 Å². The summed E-state index contributed by atoms with van der Waals surface area (Å²) in [4.78, 5) is 36.3. The van der Waals surface area contributed by atoms with Crippen LogP contribution in [0.5, 0.6) is 11.5 Å². The van der Waals surface area contributed by atoms with Gasteiger partial charge in [0.25, 0.3) is 0 Å². The number of hydrogen-bond acceptors (Lipinski definition) is 6. The van der Waals surface area contributed by atoms with E-state index in [9.17, 15) is 14.4 Å². The normalized spacial score (nSPS) is 10.5. The maximum absolute atomic E-state index is 12.4. The molecule has 0 atom stereocenters. The van der Waals surface area contributed by atoms with Crippen molar-refractivity contribution in [3.05, 3.63) is 88.4 Å². The third kappa shape index (κ3) is 6.41. The number of nitrogens with zero attached hydrogens (tertiary/aromatic N) is 1. The van der Waals surface area contributed by atoms with Crippen molar-refractivity contribution in [1.29, 1.82) is 0 Å². The summed E-state index contributed by atoms with van der Waals surface area (Å²) < 4.78 is 10.7. The lowest BCUT2D eigenvalue weighted by Gasteiger charge is -2.10. The predicted octanol–water partition coefficient (Wildman–Crippen LogP) is 3.97. The molecule has 0 radical (unpaired) electrons. The molecule has 0 saturated carbocycles. The van der Waals surface area contributed by atoms with Crippen molar-refractivity contribution in [2.75, 3.05) is 12.4 Å². The van der Waals surface area contributed by atoms with Crippen LogP contribution in [0.25, 0.3) is 0 Å². The number of rotatable bonds is 6. The van der Waals surface area contributed by atoms with E-state index >= 15 is 0 Å². The Bertz CT molecular complexity index is 1230. The van der Waals surface area contributed by atoms with E-state index in [2.05, 4.69) is 15.8 Å². The van der Waals surface area contributed by atoms with Crippen LogP contribution in [0.15, 0.2) is 71.8 Å². The molecule has 2 N–H and O–H groups in total. The van der Waals surface area contributed by atoms with E-state index in [1.54, 1.807) is 54.6 Å².